The smallest absolute Gasteiger partial charge is 0.251 e. The molecule has 138 valence electrons. The lowest BCUT2D eigenvalue weighted by Gasteiger charge is -2.18. The Balaban J connectivity index is 1.89. The van der Waals surface area contributed by atoms with Gasteiger partial charge in [-0.15, -0.1) is 0 Å². The van der Waals surface area contributed by atoms with Gasteiger partial charge in [0.15, 0.2) is 0 Å². The van der Waals surface area contributed by atoms with Crippen LogP contribution in [-0.4, -0.2) is 36.4 Å². The molecule has 0 spiro atoms. The quantitative estimate of drug-likeness (QED) is 0.709. The second kappa shape index (κ2) is 10.6. The van der Waals surface area contributed by atoms with E-state index < -0.39 is 6.04 Å². The van der Waals surface area contributed by atoms with Gasteiger partial charge in [-0.3, -0.25) is 9.59 Å². The zero-order chi connectivity index (χ0) is 18.8. The molecule has 0 bridgehead atoms. The van der Waals surface area contributed by atoms with Crippen molar-refractivity contribution in [2.24, 2.45) is 0 Å². The molecule has 0 unspecified atom stereocenters. The number of carbonyl (C=O) groups is 2. The molecular formula is C20H23FN2O2S. The van der Waals surface area contributed by atoms with Crippen LogP contribution in [0.2, 0.25) is 0 Å². The van der Waals surface area contributed by atoms with Gasteiger partial charge in [0.1, 0.15) is 11.9 Å². The predicted octanol–water partition coefficient (Wildman–Crippen LogP) is 3.04. The minimum atomic E-state index is -0.580. The maximum Gasteiger partial charge on any atom is 0.251 e. The summed E-state index contributed by atoms with van der Waals surface area (Å²) < 4.78 is 12.9. The second-order valence-electron chi connectivity index (χ2n) is 5.84. The van der Waals surface area contributed by atoms with Crippen LogP contribution in [0, 0.1) is 5.82 Å². The standard InChI is InChI=1S/C20H23FN2O2S/c1-26-14-12-18(23-19(24)16-5-3-2-4-6-16)20(25)22-13-11-15-7-9-17(21)10-8-15/h2-10,18H,11-14H2,1H3,(H,22,25)(H,23,24)/t18-/m0/s1. The summed E-state index contributed by atoms with van der Waals surface area (Å²) in [5.41, 5.74) is 1.47. The molecule has 2 aromatic carbocycles. The second-order valence-corrected chi connectivity index (χ2v) is 6.83. The molecule has 0 heterocycles. The van der Waals surface area contributed by atoms with Crippen LogP contribution in [0.15, 0.2) is 54.6 Å². The van der Waals surface area contributed by atoms with E-state index in [0.29, 0.717) is 24.9 Å². The number of thioether (sulfide) groups is 1. The summed E-state index contributed by atoms with van der Waals surface area (Å²) >= 11 is 1.63. The van der Waals surface area contributed by atoms with E-state index in [1.807, 2.05) is 12.3 Å². The Labute approximate surface area is 157 Å². The van der Waals surface area contributed by atoms with Crippen LogP contribution in [0.1, 0.15) is 22.3 Å². The van der Waals surface area contributed by atoms with Gasteiger partial charge in [-0.05, 0) is 54.7 Å². The van der Waals surface area contributed by atoms with Crippen molar-refractivity contribution in [2.75, 3.05) is 18.6 Å². The summed E-state index contributed by atoms with van der Waals surface area (Å²) in [4.78, 5) is 24.8. The van der Waals surface area contributed by atoms with E-state index in [2.05, 4.69) is 10.6 Å². The van der Waals surface area contributed by atoms with Gasteiger partial charge < -0.3 is 10.6 Å². The highest BCUT2D eigenvalue weighted by Gasteiger charge is 2.20. The summed E-state index contributed by atoms with van der Waals surface area (Å²) in [7, 11) is 0. The molecule has 2 rings (SSSR count). The van der Waals surface area contributed by atoms with E-state index in [9.17, 15) is 14.0 Å². The van der Waals surface area contributed by atoms with Crippen molar-refractivity contribution in [3.8, 4) is 0 Å². The molecule has 1 atom stereocenters. The monoisotopic (exact) mass is 374 g/mol. The average molecular weight is 374 g/mol. The highest BCUT2D eigenvalue weighted by Crippen LogP contribution is 2.05. The molecule has 2 aromatic rings. The van der Waals surface area contributed by atoms with Gasteiger partial charge in [-0.2, -0.15) is 11.8 Å². The number of halogens is 1. The van der Waals surface area contributed by atoms with E-state index in [-0.39, 0.29) is 17.6 Å². The molecule has 0 saturated heterocycles. The Morgan fingerprint density at radius 1 is 1.08 bits per heavy atom. The summed E-state index contributed by atoms with van der Waals surface area (Å²) in [6.45, 7) is 0.432. The molecule has 0 aliphatic carbocycles. The van der Waals surface area contributed by atoms with Crippen LogP contribution in [-0.2, 0) is 11.2 Å². The molecule has 2 amide bonds. The van der Waals surface area contributed by atoms with Crippen LogP contribution in [0.5, 0.6) is 0 Å². The van der Waals surface area contributed by atoms with Crippen LogP contribution in [0.25, 0.3) is 0 Å². The summed E-state index contributed by atoms with van der Waals surface area (Å²) in [6, 6.07) is 14.5. The zero-order valence-corrected chi connectivity index (χ0v) is 15.5. The number of nitrogens with one attached hydrogen (secondary N) is 2. The van der Waals surface area contributed by atoms with Crippen molar-refractivity contribution in [2.45, 2.75) is 18.9 Å². The molecule has 6 heteroatoms. The third kappa shape index (κ3) is 6.52. The molecule has 0 radical (unpaired) electrons. The SMILES string of the molecule is CSCC[C@H](NC(=O)c1ccccc1)C(=O)NCCc1ccc(F)cc1. The molecule has 0 aliphatic rings. The van der Waals surface area contributed by atoms with Crippen molar-refractivity contribution in [1.82, 2.24) is 10.6 Å². The topological polar surface area (TPSA) is 58.2 Å². The Morgan fingerprint density at radius 3 is 2.42 bits per heavy atom. The zero-order valence-electron chi connectivity index (χ0n) is 14.7. The Bertz CT molecular complexity index is 708. The van der Waals surface area contributed by atoms with Crippen molar-refractivity contribution in [3.05, 3.63) is 71.5 Å². The number of carbonyl (C=O) groups excluding carboxylic acids is 2. The molecule has 0 fully saturated rings. The van der Waals surface area contributed by atoms with E-state index >= 15 is 0 Å². The Morgan fingerprint density at radius 2 is 1.77 bits per heavy atom. The van der Waals surface area contributed by atoms with Gasteiger partial charge in [0.05, 0.1) is 0 Å². The summed E-state index contributed by atoms with van der Waals surface area (Å²) in [6.07, 6.45) is 3.12. The lowest BCUT2D eigenvalue weighted by molar-refractivity contribution is -0.122. The normalized spacial score (nSPS) is 11.6. The molecule has 2 N–H and O–H groups in total. The summed E-state index contributed by atoms with van der Waals surface area (Å²) in [5.74, 6) is 0.0276. The Kier molecular flexibility index (Phi) is 8.15. The summed E-state index contributed by atoms with van der Waals surface area (Å²) in [5, 5.41) is 5.67. The molecule has 0 aliphatic heterocycles. The fourth-order valence-electron chi connectivity index (χ4n) is 2.44. The molecule has 0 saturated carbocycles. The van der Waals surface area contributed by atoms with E-state index in [1.54, 1.807) is 48.2 Å². The number of benzene rings is 2. The van der Waals surface area contributed by atoms with Gasteiger partial charge in [0.2, 0.25) is 5.91 Å². The van der Waals surface area contributed by atoms with E-state index in [1.165, 1.54) is 12.1 Å². The molecular weight excluding hydrogens is 351 g/mol. The van der Waals surface area contributed by atoms with Crippen LogP contribution >= 0.6 is 11.8 Å². The lowest BCUT2D eigenvalue weighted by atomic mass is 10.1. The molecule has 0 aromatic heterocycles. The third-order valence-corrected chi connectivity index (χ3v) is 4.54. The maximum absolute atomic E-state index is 12.9. The molecule has 4 nitrogen and oxygen atoms in total. The van der Waals surface area contributed by atoms with Gasteiger partial charge in [-0.25, -0.2) is 4.39 Å². The third-order valence-electron chi connectivity index (χ3n) is 3.89. The first kappa shape index (κ1) is 20.0. The van der Waals surface area contributed by atoms with Gasteiger partial charge in [0.25, 0.3) is 5.91 Å². The lowest BCUT2D eigenvalue weighted by Crippen LogP contribution is -2.47. The molecule has 26 heavy (non-hydrogen) atoms. The van der Waals surface area contributed by atoms with E-state index in [0.717, 1.165) is 11.3 Å². The fraction of sp³-hybridized carbons (Fsp3) is 0.300. The predicted molar refractivity (Wildman–Crippen MR) is 104 cm³/mol. The minimum absolute atomic E-state index is 0.203. The Hall–Kier alpha value is -2.34. The first-order valence-electron chi connectivity index (χ1n) is 8.47. The van der Waals surface area contributed by atoms with Gasteiger partial charge in [0, 0.05) is 12.1 Å². The van der Waals surface area contributed by atoms with E-state index in [4.69, 9.17) is 0 Å². The van der Waals surface area contributed by atoms with Crippen LogP contribution < -0.4 is 10.6 Å². The number of rotatable bonds is 9. The van der Waals surface area contributed by atoms with Gasteiger partial charge in [-0.1, -0.05) is 30.3 Å². The number of hydrogen-bond donors (Lipinski definition) is 2. The van der Waals surface area contributed by atoms with Crippen molar-refractivity contribution in [3.63, 3.8) is 0 Å². The van der Waals surface area contributed by atoms with Crippen LogP contribution in [0.4, 0.5) is 4.39 Å². The first-order valence-corrected chi connectivity index (χ1v) is 9.86. The van der Waals surface area contributed by atoms with Crippen molar-refractivity contribution in [1.29, 1.82) is 0 Å². The highest BCUT2D eigenvalue weighted by molar-refractivity contribution is 7.98. The van der Waals surface area contributed by atoms with Gasteiger partial charge >= 0.3 is 0 Å². The fourth-order valence-corrected chi connectivity index (χ4v) is 2.91. The highest BCUT2D eigenvalue weighted by atomic mass is 32.2. The average Bonchev–Trinajstić information content (AvgIpc) is 2.67. The number of hydrogen-bond acceptors (Lipinski definition) is 3. The first-order chi connectivity index (χ1) is 12.6. The number of amides is 2. The van der Waals surface area contributed by atoms with Crippen molar-refractivity contribution >= 4 is 23.6 Å². The van der Waals surface area contributed by atoms with Crippen molar-refractivity contribution < 1.29 is 14.0 Å². The largest absolute Gasteiger partial charge is 0.354 e. The maximum atomic E-state index is 12.9. The minimum Gasteiger partial charge on any atom is -0.354 e. The van der Waals surface area contributed by atoms with Crippen LogP contribution in [0.3, 0.4) is 0 Å².